The normalized spacial score (nSPS) is 17.4. The number of aryl methyl sites for hydroxylation is 2. The smallest absolute Gasteiger partial charge is 0.271 e. The van der Waals surface area contributed by atoms with Gasteiger partial charge in [-0.1, -0.05) is 10.3 Å². The van der Waals surface area contributed by atoms with Crippen LogP contribution in [0.5, 0.6) is 5.75 Å². The third-order valence-corrected chi connectivity index (χ3v) is 4.99. The number of ether oxygens (including phenoxy) is 1. The molecule has 0 radical (unpaired) electrons. The van der Waals surface area contributed by atoms with E-state index in [-0.39, 0.29) is 11.9 Å². The Labute approximate surface area is 145 Å². The molecule has 0 N–H and O–H groups in total. The minimum absolute atomic E-state index is 0.00238. The maximum atomic E-state index is 13.2. The predicted molar refractivity (Wildman–Crippen MR) is 91.5 cm³/mol. The van der Waals surface area contributed by atoms with Crippen molar-refractivity contribution in [1.82, 2.24) is 19.8 Å². The molecule has 1 atom stereocenters. The molecule has 1 fully saturated rings. The van der Waals surface area contributed by atoms with Crippen LogP contribution in [0.15, 0.2) is 28.9 Å². The van der Waals surface area contributed by atoms with E-state index in [2.05, 4.69) is 10.3 Å². The van der Waals surface area contributed by atoms with Gasteiger partial charge in [-0.3, -0.25) is 4.79 Å². The van der Waals surface area contributed by atoms with Crippen molar-refractivity contribution in [2.75, 3.05) is 13.7 Å². The summed E-state index contributed by atoms with van der Waals surface area (Å²) in [7, 11) is 3.55. The van der Waals surface area contributed by atoms with E-state index in [1.165, 1.54) is 0 Å². The summed E-state index contributed by atoms with van der Waals surface area (Å²) in [6.07, 6.45) is 1.82. The number of nitrogens with zero attached hydrogens (tertiary/aromatic N) is 4. The molecular weight excluding hydrogens is 320 g/mol. The average molecular weight is 340 g/mol. The average Bonchev–Trinajstić information content (AvgIpc) is 3.32. The maximum absolute atomic E-state index is 13.2. The number of benzene rings is 1. The fourth-order valence-corrected chi connectivity index (χ4v) is 3.64. The highest BCUT2D eigenvalue weighted by Crippen LogP contribution is 2.34. The standard InChI is InChI=1S/C18H20N4O3/c1-11-17(20-25-19-11)15-5-4-8-22(15)18(23)16-10-12-9-13(24-3)6-7-14(12)21(16)2/h6-7,9-10,15H,4-5,8H2,1-3H3/t15-/m0/s1. The first kappa shape index (κ1) is 15.7. The number of carbonyl (C=O) groups excluding carboxylic acids is 1. The number of hydrogen-bond donors (Lipinski definition) is 0. The Morgan fingerprint density at radius 3 is 2.88 bits per heavy atom. The summed E-state index contributed by atoms with van der Waals surface area (Å²) >= 11 is 0. The van der Waals surface area contributed by atoms with Gasteiger partial charge >= 0.3 is 0 Å². The molecule has 0 aliphatic carbocycles. The molecule has 0 spiro atoms. The number of hydrogen-bond acceptors (Lipinski definition) is 5. The van der Waals surface area contributed by atoms with Crippen LogP contribution in [-0.4, -0.2) is 39.3 Å². The Morgan fingerprint density at radius 1 is 1.32 bits per heavy atom. The van der Waals surface area contributed by atoms with Crippen molar-refractivity contribution in [3.8, 4) is 5.75 Å². The van der Waals surface area contributed by atoms with Crippen LogP contribution in [-0.2, 0) is 7.05 Å². The lowest BCUT2D eigenvalue weighted by molar-refractivity contribution is 0.0721. The number of carbonyl (C=O) groups is 1. The highest BCUT2D eigenvalue weighted by atomic mass is 16.6. The summed E-state index contributed by atoms with van der Waals surface area (Å²) in [4.78, 5) is 15.1. The van der Waals surface area contributed by atoms with Gasteiger partial charge in [0.15, 0.2) is 0 Å². The van der Waals surface area contributed by atoms with Gasteiger partial charge in [-0.2, -0.15) is 0 Å². The topological polar surface area (TPSA) is 73.4 Å². The molecule has 7 heteroatoms. The summed E-state index contributed by atoms with van der Waals surface area (Å²) in [6.45, 7) is 2.57. The second kappa shape index (κ2) is 5.91. The van der Waals surface area contributed by atoms with Crippen molar-refractivity contribution in [2.45, 2.75) is 25.8 Å². The third kappa shape index (κ3) is 2.47. The summed E-state index contributed by atoms with van der Waals surface area (Å²) in [5.41, 5.74) is 3.15. The van der Waals surface area contributed by atoms with E-state index in [1.54, 1.807) is 7.11 Å². The van der Waals surface area contributed by atoms with Crippen LogP contribution in [0, 0.1) is 6.92 Å². The zero-order valence-corrected chi connectivity index (χ0v) is 14.5. The van der Waals surface area contributed by atoms with Gasteiger partial charge in [0.2, 0.25) is 0 Å². The van der Waals surface area contributed by atoms with Gasteiger partial charge in [0.25, 0.3) is 5.91 Å². The molecule has 25 heavy (non-hydrogen) atoms. The molecule has 0 unspecified atom stereocenters. The second-order valence-corrected chi connectivity index (χ2v) is 6.40. The molecule has 3 aromatic rings. The number of rotatable bonds is 3. The van der Waals surface area contributed by atoms with Gasteiger partial charge in [0, 0.05) is 24.5 Å². The van der Waals surface area contributed by atoms with Gasteiger partial charge < -0.3 is 14.2 Å². The second-order valence-electron chi connectivity index (χ2n) is 6.40. The van der Waals surface area contributed by atoms with Gasteiger partial charge in [-0.05, 0) is 44.0 Å². The molecular formula is C18H20N4O3. The number of likely N-dealkylation sites (tertiary alicyclic amines) is 1. The molecule has 0 saturated carbocycles. The van der Waals surface area contributed by atoms with Crippen molar-refractivity contribution in [2.24, 2.45) is 7.05 Å². The molecule has 3 heterocycles. The molecule has 4 rings (SSSR count). The van der Waals surface area contributed by atoms with Crippen LogP contribution in [0.1, 0.15) is 40.8 Å². The van der Waals surface area contributed by atoms with E-state index >= 15 is 0 Å². The van der Waals surface area contributed by atoms with E-state index in [1.807, 2.05) is 47.7 Å². The van der Waals surface area contributed by atoms with E-state index in [4.69, 9.17) is 9.37 Å². The minimum atomic E-state index is -0.0775. The lowest BCUT2D eigenvalue weighted by Crippen LogP contribution is -2.32. The lowest BCUT2D eigenvalue weighted by atomic mass is 10.1. The Kier molecular flexibility index (Phi) is 3.71. The van der Waals surface area contributed by atoms with E-state index in [9.17, 15) is 4.79 Å². The largest absolute Gasteiger partial charge is 0.497 e. The van der Waals surface area contributed by atoms with E-state index in [0.29, 0.717) is 12.2 Å². The molecule has 2 aromatic heterocycles. The molecule has 1 aromatic carbocycles. The van der Waals surface area contributed by atoms with E-state index in [0.717, 1.165) is 40.9 Å². The highest BCUT2D eigenvalue weighted by molar-refractivity contribution is 5.99. The number of aromatic nitrogens is 3. The lowest BCUT2D eigenvalue weighted by Gasteiger charge is -2.23. The number of methoxy groups -OCH3 is 1. The van der Waals surface area contributed by atoms with Crippen molar-refractivity contribution < 1.29 is 14.2 Å². The number of fused-ring (bicyclic) bond motifs is 1. The van der Waals surface area contributed by atoms with Crippen molar-refractivity contribution >= 4 is 16.8 Å². The van der Waals surface area contributed by atoms with Crippen LogP contribution in [0.2, 0.25) is 0 Å². The molecule has 1 aliphatic heterocycles. The molecule has 130 valence electrons. The SMILES string of the molecule is COc1ccc2c(c1)cc(C(=O)N1CCC[C@H]1c1nonc1C)n2C. The number of amides is 1. The van der Waals surface area contributed by atoms with E-state index < -0.39 is 0 Å². The maximum Gasteiger partial charge on any atom is 0.271 e. The molecule has 1 aliphatic rings. The Morgan fingerprint density at radius 2 is 2.16 bits per heavy atom. The Bertz CT molecular complexity index is 943. The third-order valence-electron chi connectivity index (χ3n) is 4.99. The summed E-state index contributed by atoms with van der Waals surface area (Å²) < 4.78 is 12.0. The highest BCUT2D eigenvalue weighted by Gasteiger charge is 2.35. The first-order chi connectivity index (χ1) is 12.1. The molecule has 1 saturated heterocycles. The zero-order chi connectivity index (χ0) is 17.6. The van der Waals surface area contributed by atoms with Crippen LogP contribution < -0.4 is 4.74 Å². The Balaban J connectivity index is 1.72. The minimum Gasteiger partial charge on any atom is -0.497 e. The molecule has 1 amide bonds. The monoisotopic (exact) mass is 340 g/mol. The van der Waals surface area contributed by atoms with Crippen LogP contribution in [0.3, 0.4) is 0 Å². The molecule has 0 bridgehead atoms. The van der Waals surface area contributed by atoms with Crippen LogP contribution >= 0.6 is 0 Å². The van der Waals surface area contributed by atoms with Crippen LogP contribution in [0.25, 0.3) is 10.9 Å². The quantitative estimate of drug-likeness (QED) is 0.733. The predicted octanol–water partition coefficient (Wildman–Crippen LogP) is 2.86. The fraction of sp³-hybridized carbons (Fsp3) is 0.389. The van der Waals surface area contributed by atoms with Gasteiger partial charge in [-0.15, -0.1) is 0 Å². The Hall–Kier alpha value is -2.83. The van der Waals surface area contributed by atoms with Crippen molar-refractivity contribution in [1.29, 1.82) is 0 Å². The van der Waals surface area contributed by atoms with Crippen molar-refractivity contribution in [3.63, 3.8) is 0 Å². The molecule has 7 nitrogen and oxygen atoms in total. The first-order valence-electron chi connectivity index (χ1n) is 8.33. The van der Waals surface area contributed by atoms with Crippen LogP contribution in [0.4, 0.5) is 0 Å². The van der Waals surface area contributed by atoms with Gasteiger partial charge in [-0.25, -0.2) is 4.63 Å². The summed E-state index contributed by atoms with van der Waals surface area (Å²) in [5.74, 6) is 0.781. The van der Waals surface area contributed by atoms with Gasteiger partial charge in [0.05, 0.1) is 13.2 Å². The van der Waals surface area contributed by atoms with Gasteiger partial charge in [0.1, 0.15) is 22.8 Å². The summed E-state index contributed by atoms with van der Waals surface area (Å²) in [6, 6.07) is 7.66. The summed E-state index contributed by atoms with van der Waals surface area (Å²) in [5, 5.41) is 8.85. The first-order valence-corrected chi connectivity index (χ1v) is 8.33. The fourth-order valence-electron chi connectivity index (χ4n) is 3.64. The zero-order valence-electron chi connectivity index (χ0n) is 14.5. The van der Waals surface area contributed by atoms with Crippen molar-refractivity contribution in [3.05, 3.63) is 41.3 Å².